The molecule has 1 N–H and O–H groups in total. The van der Waals surface area contributed by atoms with E-state index in [1.807, 2.05) is 66.3 Å². The number of para-hydroxylation sites is 1. The van der Waals surface area contributed by atoms with Crippen molar-refractivity contribution in [1.29, 1.82) is 0 Å². The summed E-state index contributed by atoms with van der Waals surface area (Å²) in [5, 5.41) is 4.25. The Morgan fingerprint density at radius 3 is 2.57 bits per heavy atom. The van der Waals surface area contributed by atoms with E-state index in [0.29, 0.717) is 0 Å². The van der Waals surface area contributed by atoms with Gasteiger partial charge in [0.1, 0.15) is 11.9 Å². The molecule has 1 atom stereocenters. The summed E-state index contributed by atoms with van der Waals surface area (Å²) in [4.78, 5) is 4.48. The highest BCUT2D eigenvalue weighted by molar-refractivity contribution is 6.30. The van der Waals surface area contributed by atoms with Crippen LogP contribution in [0.3, 0.4) is 0 Å². The predicted molar refractivity (Wildman–Crippen MR) is 86.6 cm³/mol. The lowest BCUT2D eigenvalue weighted by Gasteiger charge is -2.20. The van der Waals surface area contributed by atoms with Crippen LogP contribution in [0.1, 0.15) is 17.4 Å². The smallest absolute Gasteiger partial charge is 0.135 e. The average Bonchev–Trinajstić information content (AvgIpc) is 2.92. The molecule has 21 heavy (non-hydrogen) atoms. The molecule has 106 valence electrons. The maximum Gasteiger partial charge on any atom is 0.135 e. The first-order chi connectivity index (χ1) is 10.2. The molecule has 3 aromatic rings. The van der Waals surface area contributed by atoms with Crippen molar-refractivity contribution in [1.82, 2.24) is 9.55 Å². The van der Waals surface area contributed by atoms with Gasteiger partial charge in [0, 0.05) is 30.2 Å². The summed E-state index contributed by atoms with van der Waals surface area (Å²) in [7, 11) is 1.99. The molecule has 0 aliphatic rings. The minimum absolute atomic E-state index is 0.0499. The number of imidazole rings is 1. The van der Waals surface area contributed by atoms with Gasteiger partial charge in [0.2, 0.25) is 0 Å². The lowest BCUT2D eigenvalue weighted by molar-refractivity contribution is 0.748. The quantitative estimate of drug-likeness (QED) is 0.779. The molecule has 1 heterocycles. The largest absolute Gasteiger partial charge is 0.372 e. The minimum Gasteiger partial charge on any atom is -0.372 e. The van der Waals surface area contributed by atoms with Gasteiger partial charge in [-0.1, -0.05) is 41.9 Å². The Kier molecular flexibility index (Phi) is 3.93. The van der Waals surface area contributed by atoms with Crippen molar-refractivity contribution >= 4 is 17.3 Å². The summed E-state index contributed by atoms with van der Waals surface area (Å²) in [6.07, 6.45) is 3.75. The monoisotopic (exact) mass is 297 g/mol. The topological polar surface area (TPSA) is 29.9 Å². The van der Waals surface area contributed by atoms with E-state index in [9.17, 15) is 0 Å². The average molecular weight is 298 g/mol. The van der Waals surface area contributed by atoms with Gasteiger partial charge in [-0.2, -0.15) is 0 Å². The zero-order chi connectivity index (χ0) is 14.7. The van der Waals surface area contributed by atoms with E-state index in [0.717, 1.165) is 22.1 Å². The Labute approximate surface area is 129 Å². The Morgan fingerprint density at radius 2 is 1.90 bits per heavy atom. The molecule has 1 aromatic heterocycles. The summed E-state index contributed by atoms with van der Waals surface area (Å²) in [5.74, 6) is 0.945. The Balaban J connectivity index is 2.01. The number of benzene rings is 2. The van der Waals surface area contributed by atoms with Crippen LogP contribution in [0, 0.1) is 0 Å². The molecular formula is C17H16ClN3. The Morgan fingerprint density at radius 1 is 1.10 bits per heavy atom. The van der Waals surface area contributed by atoms with Crippen LogP contribution in [-0.2, 0) is 7.05 Å². The number of aromatic nitrogens is 2. The van der Waals surface area contributed by atoms with E-state index >= 15 is 0 Å². The lowest BCUT2D eigenvalue weighted by atomic mass is 10.1. The maximum absolute atomic E-state index is 6.14. The van der Waals surface area contributed by atoms with Gasteiger partial charge < -0.3 is 9.88 Å². The first kappa shape index (κ1) is 13.7. The first-order valence-corrected chi connectivity index (χ1v) is 7.16. The summed E-state index contributed by atoms with van der Waals surface area (Å²) in [6.45, 7) is 0. The molecule has 4 heteroatoms. The van der Waals surface area contributed by atoms with Gasteiger partial charge in [0.25, 0.3) is 0 Å². The molecule has 0 bridgehead atoms. The third-order valence-electron chi connectivity index (χ3n) is 3.38. The van der Waals surface area contributed by atoms with Crippen LogP contribution in [0.2, 0.25) is 5.02 Å². The van der Waals surface area contributed by atoms with Crippen LogP contribution in [-0.4, -0.2) is 9.55 Å². The molecule has 0 fully saturated rings. The van der Waals surface area contributed by atoms with Crippen molar-refractivity contribution < 1.29 is 0 Å². The predicted octanol–water partition coefficient (Wildman–Crippen LogP) is 4.28. The summed E-state index contributed by atoms with van der Waals surface area (Å²) in [5.41, 5.74) is 2.13. The highest BCUT2D eigenvalue weighted by Crippen LogP contribution is 2.27. The fourth-order valence-corrected chi connectivity index (χ4v) is 2.54. The minimum atomic E-state index is -0.0499. The Bertz CT molecular complexity index is 722. The number of halogens is 1. The third kappa shape index (κ3) is 3.09. The van der Waals surface area contributed by atoms with E-state index in [1.54, 1.807) is 6.20 Å². The van der Waals surface area contributed by atoms with Gasteiger partial charge in [0.15, 0.2) is 0 Å². The van der Waals surface area contributed by atoms with Crippen molar-refractivity contribution in [3.05, 3.63) is 83.4 Å². The fourth-order valence-electron chi connectivity index (χ4n) is 2.34. The van der Waals surface area contributed by atoms with Gasteiger partial charge in [0.05, 0.1) is 0 Å². The van der Waals surface area contributed by atoms with E-state index in [-0.39, 0.29) is 6.04 Å². The third-order valence-corrected chi connectivity index (χ3v) is 3.62. The van der Waals surface area contributed by atoms with Crippen molar-refractivity contribution in [2.75, 3.05) is 5.32 Å². The molecule has 0 radical (unpaired) electrons. The van der Waals surface area contributed by atoms with Crippen molar-refractivity contribution in [2.45, 2.75) is 6.04 Å². The van der Waals surface area contributed by atoms with Gasteiger partial charge in [-0.05, 0) is 29.8 Å². The van der Waals surface area contributed by atoms with Crippen LogP contribution in [0.4, 0.5) is 5.69 Å². The van der Waals surface area contributed by atoms with Crippen molar-refractivity contribution in [3.63, 3.8) is 0 Å². The zero-order valence-corrected chi connectivity index (χ0v) is 12.5. The molecule has 0 aliphatic carbocycles. The molecule has 0 saturated heterocycles. The maximum atomic E-state index is 6.14. The summed E-state index contributed by atoms with van der Waals surface area (Å²) < 4.78 is 2.02. The molecule has 0 amide bonds. The van der Waals surface area contributed by atoms with Gasteiger partial charge in [-0.15, -0.1) is 0 Å². The number of hydrogen-bond donors (Lipinski definition) is 1. The van der Waals surface area contributed by atoms with Crippen LogP contribution in [0.25, 0.3) is 0 Å². The number of hydrogen-bond acceptors (Lipinski definition) is 2. The normalized spacial score (nSPS) is 12.1. The second-order valence-electron chi connectivity index (χ2n) is 4.89. The van der Waals surface area contributed by atoms with Crippen LogP contribution >= 0.6 is 11.6 Å². The number of nitrogens with zero attached hydrogens (tertiary/aromatic N) is 2. The van der Waals surface area contributed by atoms with Gasteiger partial charge >= 0.3 is 0 Å². The Hall–Kier alpha value is -2.26. The fraction of sp³-hybridized carbons (Fsp3) is 0.118. The van der Waals surface area contributed by atoms with Crippen molar-refractivity contribution in [2.24, 2.45) is 7.05 Å². The lowest BCUT2D eigenvalue weighted by Crippen LogP contribution is -2.16. The molecule has 3 rings (SSSR count). The summed E-state index contributed by atoms with van der Waals surface area (Å²) in [6, 6.07) is 17.9. The van der Waals surface area contributed by atoms with E-state index in [4.69, 9.17) is 11.6 Å². The standard InChI is InChI=1S/C17H16ClN3/c1-21-11-10-19-17(21)16(13-6-5-7-14(18)12-13)20-15-8-3-2-4-9-15/h2-12,16,20H,1H3. The highest BCUT2D eigenvalue weighted by Gasteiger charge is 2.18. The van der Waals surface area contributed by atoms with Gasteiger partial charge in [-0.25, -0.2) is 4.98 Å². The molecule has 1 unspecified atom stereocenters. The van der Waals surface area contributed by atoms with E-state index in [2.05, 4.69) is 16.4 Å². The highest BCUT2D eigenvalue weighted by atomic mass is 35.5. The van der Waals surface area contributed by atoms with E-state index in [1.165, 1.54) is 0 Å². The van der Waals surface area contributed by atoms with Crippen LogP contribution in [0.15, 0.2) is 67.0 Å². The molecular weight excluding hydrogens is 282 g/mol. The molecule has 2 aromatic carbocycles. The SMILES string of the molecule is Cn1ccnc1C(Nc1ccccc1)c1cccc(Cl)c1. The molecule has 0 aliphatic heterocycles. The van der Waals surface area contributed by atoms with Crippen LogP contribution < -0.4 is 5.32 Å². The second-order valence-corrected chi connectivity index (χ2v) is 5.33. The van der Waals surface area contributed by atoms with Crippen molar-refractivity contribution in [3.8, 4) is 0 Å². The number of anilines is 1. The number of nitrogens with one attached hydrogen (secondary N) is 1. The number of aryl methyl sites for hydroxylation is 1. The molecule has 0 saturated carbocycles. The first-order valence-electron chi connectivity index (χ1n) is 6.78. The molecule has 0 spiro atoms. The second kappa shape index (κ2) is 6.02. The summed E-state index contributed by atoms with van der Waals surface area (Å²) >= 11 is 6.14. The van der Waals surface area contributed by atoms with Gasteiger partial charge in [-0.3, -0.25) is 0 Å². The number of rotatable bonds is 4. The molecule has 3 nitrogen and oxygen atoms in total. The van der Waals surface area contributed by atoms with E-state index < -0.39 is 0 Å². The van der Waals surface area contributed by atoms with Crippen LogP contribution in [0.5, 0.6) is 0 Å². The zero-order valence-electron chi connectivity index (χ0n) is 11.7.